The number of para-hydroxylation sites is 1. The van der Waals surface area contributed by atoms with Crippen molar-refractivity contribution in [3.63, 3.8) is 0 Å². The number of nitrogens with one attached hydrogen (secondary N) is 1. The third kappa shape index (κ3) is 3.04. The second-order valence-electron chi connectivity index (χ2n) is 5.25. The van der Waals surface area contributed by atoms with Crippen LogP contribution in [0.5, 0.6) is 0 Å². The summed E-state index contributed by atoms with van der Waals surface area (Å²) >= 11 is 0. The van der Waals surface area contributed by atoms with Crippen molar-refractivity contribution in [3.8, 4) is 11.1 Å². The van der Waals surface area contributed by atoms with Gasteiger partial charge in [0.2, 0.25) is 0 Å². The van der Waals surface area contributed by atoms with Crippen LogP contribution >= 0.6 is 0 Å². The first kappa shape index (κ1) is 15.9. The van der Waals surface area contributed by atoms with Crippen LogP contribution in [0, 0.1) is 5.82 Å². The van der Waals surface area contributed by atoms with Crippen molar-refractivity contribution >= 4 is 17.5 Å². The molecule has 2 N–H and O–H groups in total. The third-order valence-electron chi connectivity index (χ3n) is 3.68. The molecule has 0 saturated carbocycles. The van der Waals surface area contributed by atoms with Crippen LogP contribution in [0.15, 0.2) is 60.3 Å². The van der Waals surface area contributed by atoms with Crippen molar-refractivity contribution in [2.24, 2.45) is 0 Å². The number of carbonyl (C=O) groups excluding carboxylic acids is 2. The van der Waals surface area contributed by atoms with Crippen molar-refractivity contribution in [1.29, 1.82) is 0 Å². The van der Waals surface area contributed by atoms with Gasteiger partial charge in [-0.25, -0.2) is 4.39 Å². The Morgan fingerprint density at radius 2 is 1.75 bits per heavy atom. The predicted octanol–water partition coefficient (Wildman–Crippen LogP) is 2.15. The average molecular weight is 326 g/mol. The van der Waals surface area contributed by atoms with E-state index in [1.54, 1.807) is 24.3 Å². The fourth-order valence-corrected chi connectivity index (χ4v) is 2.53. The maximum Gasteiger partial charge on any atom is 0.277 e. The minimum Gasteiger partial charge on any atom is -0.395 e. The number of rotatable bonds is 5. The zero-order valence-electron chi connectivity index (χ0n) is 12.7. The lowest BCUT2D eigenvalue weighted by Gasteiger charge is -2.15. The number of hydrogen-bond acceptors (Lipinski definition) is 4. The van der Waals surface area contributed by atoms with Gasteiger partial charge in [0.25, 0.3) is 11.8 Å². The van der Waals surface area contributed by atoms with Crippen LogP contribution < -0.4 is 5.32 Å². The number of aliphatic hydroxyl groups is 1. The van der Waals surface area contributed by atoms with Gasteiger partial charge in [-0.05, 0) is 23.8 Å². The normalized spacial score (nSPS) is 14.1. The van der Waals surface area contributed by atoms with Gasteiger partial charge in [-0.3, -0.25) is 14.5 Å². The summed E-state index contributed by atoms with van der Waals surface area (Å²) in [5, 5.41) is 11.9. The lowest BCUT2D eigenvalue weighted by atomic mass is 10.0. The number of aliphatic hydroxyl groups excluding tert-OH is 1. The Bertz CT molecular complexity index is 815. The molecule has 24 heavy (non-hydrogen) atoms. The molecule has 0 aliphatic carbocycles. The molecule has 0 spiro atoms. The van der Waals surface area contributed by atoms with Crippen molar-refractivity contribution in [3.05, 3.63) is 66.1 Å². The maximum atomic E-state index is 13.1. The Kier molecular flexibility index (Phi) is 4.39. The first-order chi connectivity index (χ1) is 11.6. The average Bonchev–Trinajstić information content (AvgIpc) is 2.84. The van der Waals surface area contributed by atoms with Crippen LogP contribution in [0.2, 0.25) is 0 Å². The highest BCUT2D eigenvalue weighted by atomic mass is 19.1. The summed E-state index contributed by atoms with van der Waals surface area (Å²) in [5.41, 5.74) is 2.33. The van der Waals surface area contributed by atoms with E-state index in [4.69, 9.17) is 5.11 Å². The quantitative estimate of drug-likeness (QED) is 0.826. The molecule has 0 saturated heterocycles. The summed E-state index contributed by atoms with van der Waals surface area (Å²) in [7, 11) is 0. The standard InChI is InChI=1S/C18H15FN2O3/c19-13-7-5-12(6-8-13)14-3-1-2-4-15(14)20-16-11-17(23)21(9-10-22)18(16)24/h1-8,11,20,22H,9-10H2. The van der Waals surface area contributed by atoms with E-state index in [1.807, 2.05) is 12.1 Å². The Labute approximate surface area is 138 Å². The maximum absolute atomic E-state index is 13.1. The van der Waals surface area contributed by atoms with Gasteiger partial charge in [-0.2, -0.15) is 0 Å². The number of amides is 2. The van der Waals surface area contributed by atoms with E-state index in [0.717, 1.165) is 16.0 Å². The molecule has 1 aliphatic rings. The fourth-order valence-electron chi connectivity index (χ4n) is 2.53. The van der Waals surface area contributed by atoms with Gasteiger partial charge < -0.3 is 10.4 Å². The summed E-state index contributed by atoms with van der Waals surface area (Å²) in [6.07, 6.45) is 1.21. The van der Waals surface area contributed by atoms with Crippen molar-refractivity contribution in [2.45, 2.75) is 0 Å². The Hall–Kier alpha value is -2.99. The van der Waals surface area contributed by atoms with E-state index < -0.39 is 11.8 Å². The molecular formula is C18H15FN2O3. The molecule has 122 valence electrons. The van der Waals surface area contributed by atoms with Crippen LogP contribution in [-0.4, -0.2) is 35.0 Å². The monoisotopic (exact) mass is 326 g/mol. The number of halogens is 1. The zero-order chi connectivity index (χ0) is 17.1. The number of nitrogens with zero attached hydrogens (tertiary/aromatic N) is 1. The van der Waals surface area contributed by atoms with E-state index in [-0.39, 0.29) is 24.7 Å². The highest BCUT2D eigenvalue weighted by Gasteiger charge is 2.30. The minimum absolute atomic E-state index is 0.0427. The van der Waals surface area contributed by atoms with Gasteiger partial charge in [0.15, 0.2) is 0 Å². The predicted molar refractivity (Wildman–Crippen MR) is 87.3 cm³/mol. The molecule has 2 amide bonds. The Balaban J connectivity index is 1.89. The summed E-state index contributed by atoms with van der Waals surface area (Å²) < 4.78 is 13.1. The number of hydrogen-bond donors (Lipinski definition) is 2. The van der Waals surface area contributed by atoms with E-state index >= 15 is 0 Å². The highest BCUT2D eigenvalue weighted by molar-refractivity contribution is 6.17. The largest absolute Gasteiger partial charge is 0.395 e. The lowest BCUT2D eigenvalue weighted by molar-refractivity contribution is -0.137. The molecule has 3 rings (SSSR count). The van der Waals surface area contributed by atoms with Gasteiger partial charge in [-0.15, -0.1) is 0 Å². The first-order valence-electron chi connectivity index (χ1n) is 7.40. The number of carbonyl (C=O) groups is 2. The highest BCUT2D eigenvalue weighted by Crippen LogP contribution is 2.29. The molecule has 0 radical (unpaired) electrons. The van der Waals surface area contributed by atoms with Gasteiger partial charge in [0, 0.05) is 17.3 Å². The molecular weight excluding hydrogens is 311 g/mol. The number of benzene rings is 2. The van der Waals surface area contributed by atoms with Crippen molar-refractivity contribution < 1.29 is 19.1 Å². The van der Waals surface area contributed by atoms with E-state index in [9.17, 15) is 14.0 Å². The SMILES string of the molecule is O=C1C=C(Nc2ccccc2-c2ccc(F)cc2)C(=O)N1CCO. The van der Waals surface area contributed by atoms with Crippen molar-refractivity contribution in [2.75, 3.05) is 18.5 Å². The fraction of sp³-hybridized carbons (Fsp3) is 0.111. The molecule has 0 bridgehead atoms. The molecule has 0 fully saturated rings. The van der Waals surface area contributed by atoms with Gasteiger partial charge in [-0.1, -0.05) is 30.3 Å². The first-order valence-corrected chi connectivity index (χ1v) is 7.40. The number of anilines is 1. The molecule has 0 atom stereocenters. The van der Waals surface area contributed by atoms with Crippen molar-refractivity contribution in [1.82, 2.24) is 4.90 Å². The smallest absolute Gasteiger partial charge is 0.277 e. The Morgan fingerprint density at radius 3 is 2.46 bits per heavy atom. The number of imide groups is 1. The minimum atomic E-state index is -0.483. The van der Waals surface area contributed by atoms with Crippen LogP contribution in [0.3, 0.4) is 0 Å². The third-order valence-corrected chi connectivity index (χ3v) is 3.68. The van der Waals surface area contributed by atoms with E-state index in [2.05, 4.69) is 5.32 Å². The van der Waals surface area contributed by atoms with Crippen LogP contribution in [0.4, 0.5) is 10.1 Å². The molecule has 1 aliphatic heterocycles. The second kappa shape index (κ2) is 6.64. The van der Waals surface area contributed by atoms with Gasteiger partial charge >= 0.3 is 0 Å². The molecule has 0 unspecified atom stereocenters. The summed E-state index contributed by atoms with van der Waals surface area (Å²) in [4.78, 5) is 25.0. The van der Waals surface area contributed by atoms with Crippen LogP contribution in [-0.2, 0) is 9.59 Å². The molecule has 0 aromatic heterocycles. The van der Waals surface area contributed by atoms with Gasteiger partial charge in [0.05, 0.1) is 13.2 Å². The van der Waals surface area contributed by atoms with E-state index in [1.165, 1.54) is 18.2 Å². The second-order valence-corrected chi connectivity index (χ2v) is 5.25. The molecule has 6 heteroatoms. The summed E-state index contributed by atoms with van der Waals surface area (Å²) in [6, 6.07) is 13.2. The summed E-state index contributed by atoms with van der Waals surface area (Å²) in [5.74, 6) is -1.28. The Morgan fingerprint density at radius 1 is 1.04 bits per heavy atom. The van der Waals surface area contributed by atoms with E-state index in [0.29, 0.717) is 5.69 Å². The number of β-amino-alcohol motifs (C(OH)–C–C–N with tert-alkyl or cyclic N) is 1. The molecule has 1 heterocycles. The molecule has 2 aromatic carbocycles. The van der Waals surface area contributed by atoms with Crippen LogP contribution in [0.1, 0.15) is 0 Å². The molecule has 5 nitrogen and oxygen atoms in total. The zero-order valence-corrected chi connectivity index (χ0v) is 12.7. The molecule has 2 aromatic rings. The topological polar surface area (TPSA) is 69.6 Å². The summed E-state index contributed by atoms with van der Waals surface area (Å²) in [6.45, 7) is -0.330. The van der Waals surface area contributed by atoms with Crippen LogP contribution in [0.25, 0.3) is 11.1 Å². The van der Waals surface area contributed by atoms with Gasteiger partial charge in [0.1, 0.15) is 11.5 Å². The lowest BCUT2D eigenvalue weighted by Crippen LogP contribution is -2.34.